The van der Waals surface area contributed by atoms with Gasteiger partial charge in [-0.1, -0.05) is 19.1 Å². The number of anilines is 1. The molecule has 40 heavy (non-hydrogen) atoms. The highest BCUT2D eigenvalue weighted by Crippen LogP contribution is 2.33. The lowest BCUT2D eigenvalue weighted by molar-refractivity contribution is -0.132. The van der Waals surface area contributed by atoms with E-state index in [1.54, 1.807) is 30.2 Å². The summed E-state index contributed by atoms with van der Waals surface area (Å²) in [5.41, 5.74) is 2.19. The van der Waals surface area contributed by atoms with Crippen LogP contribution in [0.25, 0.3) is 11.3 Å². The maximum absolute atomic E-state index is 13.5. The molecule has 2 aliphatic heterocycles. The lowest BCUT2D eigenvalue weighted by Crippen LogP contribution is -2.47. The number of benzene rings is 2. The van der Waals surface area contributed by atoms with Gasteiger partial charge in [0, 0.05) is 43.3 Å². The molecule has 0 bridgehead atoms. The molecular formula is C30H35N5O5. The Morgan fingerprint density at radius 1 is 1.00 bits per heavy atom. The summed E-state index contributed by atoms with van der Waals surface area (Å²) >= 11 is 0. The summed E-state index contributed by atoms with van der Waals surface area (Å²) in [7, 11) is 1.64. The minimum Gasteiger partial charge on any atom is -0.497 e. The molecule has 0 aliphatic carbocycles. The second-order valence-corrected chi connectivity index (χ2v) is 9.99. The Bertz CT molecular complexity index is 1350. The number of amides is 2. The molecule has 10 heteroatoms. The SMILES string of the molecule is CCC(C)N(CC(=O)N1CCCN(c2ccc(-c3cccc(OC)c3)nn2)CC1)C(=O)c1ccc2c(c1)OCO2. The van der Waals surface area contributed by atoms with Crippen LogP contribution in [0.4, 0.5) is 5.82 Å². The van der Waals surface area contributed by atoms with E-state index in [1.807, 2.05) is 55.1 Å². The fourth-order valence-electron chi connectivity index (χ4n) is 4.92. The van der Waals surface area contributed by atoms with Crippen LogP contribution < -0.4 is 19.1 Å². The molecule has 2 aliphatic rings. The number of methoxy groups -OCH3 is 1. The van der Waals surface area contributed by atoms with Crippen LogP contribution in [0.5, 0.6) is 17.2 Å². The van der Waals surface area contributed by atoms with E-state index < -0.39 is 0 Å². The second kappa shape index (κ2) is 12.2. The molecule has 5 rings (SSSR count). The van der Waals surface area contributed by atoms with Gasteiger partial charge in [0.2, 0.25) is 12.7 Å². The molecule has 1 fully saturated rings. The molecule has 210 valence electrons. The maximum atomic E-state index is 13.5. The summed E-state index contributed by atoms with van der Waals surface area (Å²) in [6, 6.07) is 16.7. The molecule has 2 aromatic carbocycles. The molecule has 3 heterocycles. The van der Waals surface area contributed by atoms with E-state index in [4.69, 9.17) is 14.2 Å². The van der Waals surface area contributed by atoms with Gasteiger partial charge in [-0.25, -0.2) is 0 Å². The maximum Gasteiger partial charge on any atom is 0.254 e. The zero-order valence-electron chi connectivity index (χ0n) is 23.2. The fraction of sp³-hybridized carbons (Fsp3) is 0.400. The number of carbonyl (C=O) groups excluding carboxylic acids is 2. The molecule has 3 aromatic rings. The van der Waals surface area contributed by atoms with E-state index in [1.165, 1.54) is 0 Å². The first kappa shape index (κ1) is 27.2. The van der Waals surface area contributed by atoms with Crippen LogP contribution in [0.15, 0.2) is 54.6 Å². The first-order valence-electron chi connectivity index (χ1n) is 13.7. The van der Waals surface area contributed by atoms with Gasteiger partial charge in [0.15, 0.2) is 17.3 Å². The summed E-state index contributed by atoms with van der Waals surface area (Å²) in [6.45, 7) is 6.72. The molecule has 0 saturated carbocycles. The summed E-state index contributed by atoms with van der Waals surface area (Å²) in [6.07, 6.45) is 1.53. The van der Waals surface area contributed by atoms with Crippen molar-refractivity contribution < 1.29 is 23.8 Å². The second-order valence-electron chi connectivity index (χ2n) is 9.99. The van der Waals surface area contributed by atoms with Crippen molar-refractivity contribution in [3.8, 4) is 28.5 Å². The van der Waals surface area contributed by atoms with E-state index >= 15 is 0 Å². The molecule has 10 nitrogen and oxygen atoms in total. The van der Waals surface area contributed by atoms with Gasteiger partial charge in [0.25, 0.3) is 5.91 Å². The Morgan fingerprint density at radius 2 is 1.85 bits per heavy atom. The van der Waals surface area contributed by atoms with Crippen LogP contribution >= 0.6 is 0 Å². The minimum atomic E-state index is -0.191. The largest absolute Gasteiger partial charge is 0.497 e. The molecule has 0 spiro atoms. The Labute approximate surface area is 234 Å². The van der Waals surface area contributed by atoms with Crippen molar-refractivity contribution in [2.45, 2.75) is 32.7 Å². The number of nitrogens with zero attached hydrogens (tertiary/aromatic N) is 5. The standard InChI is InChI=1S/C30H35N5O5/c1-4-21(2)35(30(37)23-9-11-26-27(18-23)40-20-39-26)19-29(36)34-14-6-13-33(15-16-34)28-12-10-25(31-32-28)22-7-5-8-24(17-22)38-3/h5,7-12,17-18,21H,4,6,13-16,19-20H2,1-3H3. The smallest absolute Gasteiger partial charge is 0.254 e. The van der Waals surface area contributed by atoms with Crippen molar-refractivity contribution >= 4 is 17.6 Å². The molecule has 2 amide bonds. The van der Waals surface area contributed by atoms with E-state index in [-0.39, 0.29) is 31.2 Å². The number of aromatic nitrogens is 2. The summed E-state index contributed by atoms with van der Waals surface area (Å²) < 4.78 is 16.1. The van der Waals surface area contributed by atoms with Crippen molar-refractivity contribution in [1.82, 2.24) is 20.0 Å². The van der Waals surface area contributed by atoms with Crippen molar-refractivity contribution in [2.24, 2.45) is 0 Å². The van der Waals surface area contributed by atoms with Crippen molar-refractivity contribution in [2.75, 3.05) is 51.5 Å². The summed E-state index contributed by atoms with van der Waals surface area (Å²) in [5, 5.41) is 8.90. The van der Waals surface area contributed by atoms with Crippen molar-refractivity contribution in [3.63, 3.8) is 0 Å². The van der Waals surface area contributed by atoms with Gasteiger partial charge in [-0.3, -0.25) is 9.59 Å². The van der Waals surface area contributed by atoms with Gasteiger partial charge < -0.3 is 28.9 Å². The van der Waals surface area contributed by atoms with Crippen LogP contribution in [-0.4, -0.2) is 84.5 Å². The Morgan fingerprint density at radius 3 is 2.62 bits per heavy atom. The predicted octanol–water partition coefficient (Wildman–Crippen LogP) is 3.86. The third kappa shape index (κ3) is 5.95. The molecule has 1 unspecified atom stereocenters. The molecule has 1 aromatic heterocycles. The molecule has 1 atom stereocenters. The summed E-state index contributed by atoms with van der Waals surface area (Å²) in [4.78, 5) is 32.6. The lowest BCUT2D eigenvalue weighted by Gasteiger charge is -2.31. The molecule has 0 N–H and O–H groups in total. The van der Waals surface area contributed by atoms with Gasteiger partial charge in [-0.05, 0) is 62.2 Å². The van der Waals surface area contributed by atoms with Crippen LogP contribution in [-0.2, 0) is 4.79 Å². The van der Waals surface area contributed by atoms with Crippen LogP contribution in [0, 0.1) is 0 Å². The van der Waals surface area contributed by atoms with Gasteiger partial charge >= 0.3 is 0 Å². The first-order valence-corrected chi connectivity index (χ1v) is 13.7. The van der Waals surface area contributed by atoms with Gasteiger partial charge in [0.05, 0.1) is 12.8 Å². The zero-order valence-corrected chi connectivity index (χ0v) is 23.2. The third-order valence-corrected chi connectivity index (χ3v) is 7.50. The van der Waals surface area contributed by atoms with Crippen LogP contribution in [0.2, 0.25) is 0 Å². The average molecular weight is 546 g/mol. The highest BCUT2D eigenvalue weighted by atomic mass is 16.7. The Balaban J connectivity index is 1.22. The molecule has 1 saturated heterocycles. The van der Waals surface area contributed by atoms with Crippen molar-refractivity contribution in [1.29, 1.82) is 0 Å². The first-order chi connectivity index (χ1) is 19.5. The van der Waals surface area contributed by atoms with Gasteiger partial charge in [-0.2, -0.15) is 0 Å². The Kier molecular flexibility index (Phi) is 8.33. The predicted molar refractivity (Wildman–Crippen MR) is 151 cm³/mol. The molecular weight excluding hydrogens is 510 g/mol. The number of hydrogen-bond donors (Lipinski definition) is 0. The normalized spacial score (nSPS) is 15.4. The van der Waals surface area contributed by atoms with E-state index in [2.05, 4.69) is 15.1 Å². The molecule has 0 radical (unpaired) electrons. The van der Waals surface area contributed by atoms with Crippen molar-refractivity contribution in [3.05, 3.63) is 60.2 Å². The third-order valence-electron chi connectivity index (χ3n) is 7.50. The van der Waals surface area contributed by atoms with Gasteiger partial charge in [0.1, 0.15) is 12.3 Å². The number of fused-ring (bicyclic) bond motifs is 1. The van der Waals surface area contributed by atoms with Crippen LogP contribution in [0.1, 0.15) is 37.0 Å². The van der Waals surface area contributed by atoms with Crippen LogP contribution in [0.3, 0.4) is 0 Å². The highest BCUT2D eigenvalue weighted by molar-refractivity contribution is 5.97. The zero-order chi connectivity index (χ0) is 28.1. The summed E-state index contributed by atoms with van der Waals surface area (Å²) in [5.74, 6) is 2.47. The quantitative estimate of drug-likeness (QED) is 0.421. The van der Waals surface area contributed by atoms with Gasteiger partial charge in [-0.15, -0.1) is 10.2 Å². The number of ether oxygens (including phenoxy) is 3. The van der Waals surface area contributed by atoms with E-state index in [9.17, 15) is 9.59 Å². The average Bonchev–Trinajstić information content (AvgIpc) is 3.33. The monoisotopic (exact) mass is 545 g/mol. The Hall–Kier alpha value is -4.34. The number of carbonyl (C=O) groups is 2. The minimum absolute atomic E-state index is 0.0251. The topological polar surface area (TPSA) is 97.3 Å². The van der Waals surface area contributed by atoms with E-state index in [0.29, 0.717) is 36.7 Å². The highest BCUT2D eigenvalue weighted by Gasteiger charge is 2.28. The fourth-order valence-corrected chi connectivity index (χ4v) is 4.92. The number of hydrogen-bond acceptors (Lipinski definition) is 8. The number of rotatable bonds is 8. The lowest BCUT2D eigenvalue weighted by atomic mass is 10.1. The van der Waals surface area contributed by atoms with E-state index in [0.717, 1.165) is 42.2 Å².